The molecule has 1 atom stereocenters. The highest BCUT2D eigenvalue weighted by Crippen LogP contribution is 2.28. The number of benzene rings is 2. The number of hydrogen-bond acceptors (Lipinski definition) is 4. The molecular weight excluding hydrogens is 400 g/mol. The van der Waals surface area contributed by atoms with Gasteiger partial charge in [0.05, 0.1) is 0 Å². The van der Waals surface area contributed by atoms with Crippen LogP contribution in [0.4, 0.5) is 0 Å². The van der Waals surface area contributed by atoms with Crippen LogP contribution in [0, 0.1) is 0 Å². The molecule has 1 saturated heterocycles. The topological polar surface area (TPSA) is 79.6 Å². The molecule has 0 bridgehead atoms. The van der Waals surface area contributed by atoms with E-state index in [0.717, 1.165) is 32.1 Å². The molecule has 3 aromatic rings. The van der Waals surface area contributed by atoms with E-state index in [9.17, 15) is 13.2 Å². The zero-order valence-electron chi connectivity index (χ0n) is 16.6. The smallest absolute Gasteiger partial charge is 0.289 e. The summed E-state index contributed by atoms with van der Waals surface area (Å²) in [5.41, 5.74) is 1.22. The minimum Gasteiger partial charge on any atom is -0.438 e. The van der Waals surface area contributed by atoms with E-state index in [2.05, 4.69) is 35.1 Å². The van der Waals surface area contributed by atoms with Gasteiger partial charge in [0.2, 0.25) is 5.09 Å². The van der Waals surface area contributed by atoms with E-state index in [0.29, 0.717) is 6.54 Å². The maximum Gasteiger partial charge on any atom is 0.289 e. The molecule has 0 radical (unpaired) electrons. The molecule has 1 saturated carbocycles. The van der Waals surface area contributed by atoms with Gasteiger partial charge < -0.3 is 9.32 Å². The van der Waals surface area contributed by atoms with E-state index in [1.54, 1.807) is 0 Å². The van der Waals surface area contributed by atoms with Gasteiger partial charge in [-0.05, 0) is 60.6 Å². The van der Waals surface area contributed by atoms with E-state index in [4.69, 9.17) is 4.42 Å². The van der Waals surface area contributed by atoms with Crippen molar-refractivity contribution in [2.45, 2.75) is 49.3 Å². The molecular formula is C23H24N2O4S. The standard InChI is InChI=1S/C23H24N2O4S/c26-23(21-12-13-22(29-21)30(27,28)24-18-10-11-18)25-14-4-8-19(25)15-17-7-3-6-16-5-1-2-9-20(16)17/h1-3,5-7,9,12-13,18-19,24H,4,8,10-11,14-15H2. The minimum atomic E-state index is -3.71. The minimum absolute atomic E-state index is 0.0112. The molecule has 2 aromatic carbocycles. The summed E-state index contributed by atoms with van der Waals surface area (Å²) in [6.45, 7) is 0.650. The highest BCUT2D eigenvalue weighted by Gasteiger charge is 2.34. The van der Waals surface area contributed by atoms with Crippen LogP contribution in [-0.2, 0) is 16.4 Å². The van der Waals surface area contributed by atoms with Crippen molar-refractivity contribution in [1.82, 2.24) is 9.62 Å². The van der Waals surface area contributed by atoms with Crippen LogP contribution in [0.3, 0.4) is 0 Å². The maximum absolute atomic E-state index is 13.1. The molecule has 7 heteroatoms. The van der Waals surface area contributed by atoms with Gasteiger partial charge in [-0.3, -0.25) is 4.79 Å². The molecule has 1 aliphatic heterocycles. The summed E-state index contributed by atoms with van der Waals surface area (Å²) in [4.78, 5) is 14.9. The van der Waals surface area contributed by atoms with E-state index in [1.165, 1.54) is 28.5 Å². The summed E-state index contributed by atoms with van der Waals surface area (Å²) in [7, 11) is -3.71. The third-order valence-electron chi connectivity index (χ3n) is 5.93. The van der Waals surface area contributed by atoms with Crippen molar-refractivity contribution >= 4 is 26.7 Å². The lowest BCUT2D eigenvalue weighted by Crippen LogP contribution is -2.36. The number of carbonyl (C=O) groups is 1. The third-order valence-corrected chi connectivity index (χ3v) is 7.32. The first-order chi connectivity index (χ1) is 14.5. The van der Waals surface area contributed by atoms with Crippen molar-refractivity contribution < 1.29 is 17.6 Å². The maximum atomic E-state index is 13.1. The summed E-state index contributed by atoms with van der Waals surface area (Å²) in [5, 5.41) is 2.20. The van der Waals surface area contributed by atoms with Gasteiger partial charge in [0.1, 0.15) is 0 Å². The van der Waals surface area contributed by atoms with Gasteiger partial charge in [0.25, 0.3) is 15.9 Å². The number of rotatable bonds is 6. The molecule has 1 aromatic heterocycles. The molecule has 2 fully saturated rings. The van der Waals surface area contributed by atoms with E-state index in [1.807, 2.05) is 17.0 Å². The largest absolute Gasteiger partial charge is 0.438 e. The highest BCUT2D eigenvalue weighted by atomic mass is 32.2. The van der Waals surface area contributed by atoms with Gasteiger partial charge in [-0.15, -0.1) is 0 Å². The van der Waals surface area contributed by atoms with E-state index in [-0.39, 0.29) is 28.8 Å². The lowest BCUT2D eigenvalue weighted by Gasteiger charge is -2.24. The van der Waals surface area contributed by atoms with Gasteiger partial charge in [-0.2, -0.15) is 0 Å². The molecule has 1 aliphatic carbocycles. The number of likely N-dealkylation sites (tertiary alicyclic amines) is 1. The van der Waals surface area contributed by atoms with Gasteiger partial charge in [0.15, 0.2) is 5.76 Å². The molecule has 156 valence electrons. The van der Waals surface area contributed by atoms with Crippen LogP contribution < -0.4 is 4.72 Å². The van der Waals surface area contributed by atoms with Crippen LogP contribution in [0.25, 0.3) is 10.8 Å². The van der Waals surface area contributed by atoms with Crippen molar-refractivity contribution in [3.63, 3.8) is 0 Å². The number of sulfonamides is 1. The second kappa shape index (κ2) is 7.56. The summed E-state index contributed by atoms with van der Waals surface area (Å²) in [6, 6.07) is 17.4. The number of carbonyl (C=O) groups excluding carboxylic acids is 1. The van der Waals surface area contributed by atoms with Gasteiger partial charge in [-0.1, -0.05) is 42.5 Å². The first-order valence-electron chi connectivity index (χ1n) is 10.4. The molecule has 1 unspecified atom stereocenters. The molecule has 2 aliphatic rings. The molecule has 2 heterocycles. The highest BCUT2D eigenvalue weighted by molar-refractivity contribution is 7.89. The Bertz CT molecular complexity index is 1190. The Kier molecular flexibility index (Phi) is 4.87. The second-order valence-electron chi connectivity index (χ2n) is 8.15. The van der Waals surface area contributed by atoms with Crippen LogP contribution in [0.1, 0.15) is 41.8 Å². The van der Waals surface area contributed by atoms with Crippen molar-refractivity contribution in [3.8, 4) is 0 Å². The van der Waals surface area contributed by atoms with Crippen LogP contribution in [0.2, 0.25) is 0 Å². The Hall–Kier alpha value is -2.64. The van der Waals surface area contributed by atoms with Crippen molar-refractivity contribution in [2.24, 2.45) is 0 Å². The Morgan fingerprint density at radius 3 is 2.67 bits per heavy atom. The van der Waals surface area contributed by atoms with Crippen LogP contribution >= 0.6 is 0 Å². The molecule has 1 amide bonds. The Balaban J connectivity index is 1.35. The van der Waals surface area contributed by atoms with E-state index >= 15 is 0 Å². The molecule has 6 nitrogen and oxygen atoms in total. The average Bonchev–Trinajstić information content (AvgIpc) is 3.20. The fourth-order valence-corrected chi connectivity index (χ4v) is 5.48. The number of amides is 1. The van der Waals surface area contributed by atoms with Crippen molar-refractivity contribution in [3.05, 3.63) is 65.9 Å². The molecule has 0 spiro atoms. The average molecular weight is 425 g/mol. The first-order valence-corrected chi connectivity index (χ1v) is 11.9. The van der Waals surface area contributed by atoms with Crippen molar-refractivity contribution in [2.75, 3.05) is 6.54 Å². The monoisotopic (exact) mass is 424 g/mol. The Morgan fingerprint density at radius 1 is 1.03 bits per heavy atom. The number of hydrogen-bond donors (Lipinski definition) is 1. The Labute approximate surface area is 175 Å². The first kappa shape index (κ1) is 19.3. The zero-order valence-corrected chi connectivity index (χ0v) is 17.4. The van der Waals surface area contributed by atoms with E-state index < -0.39 is 10.0 Å². The van der Waals surface area contributed by atoms with Crippen molar-refractivity contribution in [1.29, 1.82) is 0 Å². The Morgan fingerprint density at radius 2 is 1.83 bits per heavy atom. The summed E-state index contributed by atoms with van der Waals surface area (Å²) in [6.07, 6.45) is 4.30. The summed E-state index contributed by atoms with van der Waals surface area (Å²) in [5.74, 6) is -0.165. The number of furan rings is 1. The lowest BCUT2D eigenvalue weighted by molar-refractivity contribution is 0.0698. The molecule has 1 N–H and O–H groups in total. The normalized spacial score (nSPS) is 19.5. The fraction of sp³-hybridized carbons (Fsp3) is 0.348. The fourth-order valence-electron chi connectivity index (χ4n) is 4.24. The predicted molar refractivity (Wildman–Crippen MR) is 114 cm³/mol. The van der Waals surface area contributed by atoms with Crippen LogP contribution in [0.15, 0.2) is 64.1 Å². The van der Waals surface area contributed by atoms with Crippen LogP contribution in [0.5, 0.6) is 0 Å². The lowest BCUT2D eigenvalue weighted by atomic mass is 9.97. The second-order valence-corrected chi connectivity index (χ2v) is 9.80. The van der Waals surface area contributed by atoms with Gasteiger partial charge in [-0.25, -0.2) is 13.1 Å². The quantitative estimate of drug-likeness (QED) is 0.654. The third kappa shape index (κ3) is 3.75. The molecule has 30 heavy (non-hydrogen) atoms. The van der Waals surface area contributed by atoms with Crippen LogP contribution in [-0.4, -0.2) is 37.9 Å². The zero-order chi connectivity index (χ0) is 20.7. The number of nitrogens with one attached hydrogen (secondary N) is 1. The summed E-state index contributed by atoms with van der Waals surface area (Å²) >= 11 is 0. The van der Waals surface area contributed by atoms with Gasteiger partial charge in [0, 0.05) is 18.6 Å². The predicted octanol–water partition coefficient (Wildman–Crippen LogP) is 3.72. The molecule has 5 rings (SSSR count). The SMILES string of the molecule is O=C(c1ccc(S(=O)(=O)NC2CC2)o1)N1CCCC1Cc1cccc2ccccc12. The van der Waals surface area contributed by atoms with Gasteiger partial charge >= 0.3 is 0 Å². The summed E-state index contributed by atoms with van der Waals surface area (Å²) < 4.78 is 32.7. The number of nitrogens with zero attached hydrogens (tertiary/aromatic N) is 1. The number of fused-ring (bicyclic) bond motifs is 1.